The molecular weight excluding hydrogens is 548 g/mol. The fourth-order valence-electron chi connectivity index (χ4n) is 6.86. The molecule has 244 valence electrons. The van der Waals surface area contributed by atoms with E-state index in [2.05, 4.69) is 20.1 Å². The number of ether oxygens (including phenoxy) is 3. The Bertz CT molecular complexity index is 924. The fourth-order valence-corrected chi connectivity index (χ4v) is 6.86. The maximum Gasteiger partial charge on any atom is 0.377 e. The standard InChI is InChI=1S/C35H56O8/c1-6-7-8-9-26-10-14-30(15-11-26)31-16-12-27(13-17-31)18-28(21-41-33(38)24(2)3)19-29(22-42-34(39)25(4)5)23-43-35(40)32(37)20-36/h26-31,36H,2,4,6-23H2,1,3,5H3. The van der Waals surface area contributed by atoms with Gasteiger partial charge in [-0.05, 0) is 82.0 Å². The van der Waals surface area contributed by atoms with E-state index in [-0.39, 0.29) is 31.3 Å². The molecule has 0 saturated heterocycles. The summed E-state index contributed by atoms with van der Waals surface area (Å²) in [5, 5.41) is 8.97. The van der Waals surface area contributed by atoms with Crippen LogP contribution in [-0.2, 0) is 33.4 Å². The second-order valence-corrected chi connectivity index (χ2v) is 13.2. The third-order valence-electron chi connectivity index (χ3n) is 9.42. The lowest BCUT2D eigenvalue weighted by Crippen LogP contribution is -2.30. The van der Waals surface area contributed by atoms with Crippen LogP contribution in [0.1, 0.15) is 111 Å². The molecule has 2 fully saturated rings. The molecule has 2 unspecified atom stereocenters. The molecule has 0 aliphatic heterocycles. The molecular formula is C35H56O8. The second-order valence-electron chi connectivity index (χ2n) is 13.2. The lowest BCUT2D eigenvalue weighted by Gasteiger charge is -2.38. The Hall–Kier alpha value is -2.48. The molecule has 0 heterocycles. The Morgan fingerprint density at radius 3 is 1.63 bits per heavy atom. The van der Waals surface area contributed by atoms with E-state index in [1.807, 2.05) is 0 Å². The van der Waals surface area contributed by atoms with Crippen molar-refractivity contribution < 1.29 is 38.5 Å². The average molecular weight is 605 g/mol. The van der Waals surface area contributed by atoms with Crippen LogP contribution in [0, 0.1) is 35.5 Å². The highest BCUT2D eigenvalue weighted by atomic mass is 16.6. The number of hydrogen-bond donors (Lipinski definition) is 1. The molecule has 0 aromatic carbocycles. The van der Waals surface area contributed by atoms with Crippen molar-refractivity contribution in [3.8, 4) is 0 Å². The summed E-state index contributed by atoms with van der Waals surface area (Å²) < 4.78 is 16.1. The van der Waals surface area contributed by atoms with Crippen LogP contribution in [0.3, 0.4) is 0 Å². The quantitative estimate of drug-likeness (QED) is 0.0581. The van der Waals surface area contributed by atoms with Gasteiger partial charge < -0.3 is 19.3 Å². The lowest BCUT2D eigenvalue weighted by molar-refractivity contribution is -0.157. The van der Waals surface area contributed by atoms with E-state index in [1.54, 1.807) is 13.8 Å². The minimum absolute atomic E-state index is 0.0366. The number of ketones is 1. The number of unbranched alkanes of at least 4 members (excludes halogenated alkanes) is 2. The summed E-state index contributed by atoms with van der Waals surface area (Å²) in [6.07, 6.45) is 17.0. The SMILES string of the molecule is C=C(C)C(=O)OCC(COC(=O)C(=O)CO)CC(COC(=O)C(=C)C)CC1CCC(C2CCC(CCCCC)CC2)CC1. The number of esters is 3. The lowest BCUT2D eigenvalue weighted by atomic mass is 9.67. The van der Waals surface area contributed by atoms with Crippen LogP contribution >= 0.6 is 0 Å². The maximum atomic E-state index is 12.2. The van der Waals surface area contributed by atoms with Gasteiger partial charge in [-0.3, -0.25) is 4.79 Å². The van der Waals surface area contributed by atoms with Crippen molar-refractivity contribution in [3.63, 3.8) is 0 Å². The fraction of sp³-hybridized carbons (Fsp3) is 0.771. The molecule has 0 spiro atoms. The van der Waals surface area contributed by atoms with Crippen molar-refractivity contribution in [1.29, 1.82) is 0 Å². The van der Waals surface area contributed by atoms with Crippen molar-refractivity contribution in [3.05, 3.63) is 24.3 Å². The summed E-state index contributed by atoms with van der Waals surface area (Å²) >= 11 is 0. The molecule has 2 aliphatic rings. The van der Waals surface area contributed by atoms with E-state index in [0.717, 1.165) is 37.0 Å². The highest BCUT2D eigenvalue weighted by Crippen LogP contribution is 2.43. The molecule has 2 saturated carbocycles. The first-order valence-electron chi connectivity index (χ1n) is 16.5. The topological polar surface area (TPSA) is 116 Å². The van der Waals surface area contributed by atoms with Gasteiger partial charge in [0.05, 0.1) is 19.8 Å². The molecule has 0 aromatic rings. The Kier molecular flexibility index (Phi) is 16.8. The first kappa shape index (κ1) is 36.7. The zero-order valence-electron chi connectivity index (χ0n) is 26.9. The van der Waals surface area contributed by atoms with E-state index < -0.39 is 36.2 Å². The third kappa shape index (κ3) is 13.8. The van der Waals surface area contributed by atoms with Gasteiger partial charge in [-0.1, -0.05) is 71.4 Å². The highest BCUT2D eigenvalue weighted by Gasteiger charge is 2.32. The Morgan fingerprint density at radius 2 is 1.16 bits per heavy atom. The minimum atomic E-state index is -1.13. The Labute approximate surface area is 259 Å². The Balaban J connectivity index is 1.98. The number of aliphatic hydroxyl groups excluding tert-OH is 1. The Morgan fingerprint density at radius 1 is 0.698 bits per heavy atom. The number of rotatable bonds is 19. The molecule has 0 amide bonds. The molecule has 8 nitrogen and oxygen atoms in total. The normalized spacial score (nSPS) is 23.4. The molecule has 8 heteroatoms. The summed E-state index contributed by atoms with van der Waals surface area (Å²) in [5.74, 6) is -0.586. The molecule has 43 heavy (non-hydrogen) atoms. The van der Waals surface area contributed by atoms with Crippen LogP contribution in [0.4, 0.5) is 0 Å². The number of hydrogen-bond acceptors (Lipinski definition) is 8. The second kappa shape index (κ2) is 19.7. The van der Waals surface area contributed by atoms with Crippen molar-refractivity contribution in [1.82, 2.24) is 0 Å². The van der Waals surface area contributed by atoms with E-state index >= 15 is 0 Å². The van der Waals surface area contributed by atoms with Crippen LogP contribution in [0.15, 0.2) is 24.3 Å². The largest absolute Gasteiger partial charge is 0.462 e. The third-order valence-corrected chi connectivity index (χ3v) is 9.42. The molecule has 0 radical (unpaired) electrons. The van der Waals surface area contributed by atoms with Crippen molar-refractivity contribution in [2.24, 2.45) is 35.5 Å². The first-order chi connectivity index (χ1) is 20.5. The van der Waals surface area contributed by atoms with E-state index in [0.29, 0.717) is 17.9 Å². The van der Waals surface area contributed by atoms with Crippen molar-refractivity contribution in [2.45, 2.75) is 111 Å². The summed E-state index contributed by atoms with van der Waals surface area (Å²) in [6.45, 7) is 11.8. The zero-order valence-corrected chi connectivity index (χ0v) is 26.9. The van der Waals surface area contributed by atoms with Gasteiger partial charge in [-0.2, -0.15) is 0 Å². The van der Waals surface area contributed by atoms with Crippen LogP contribution in [0.5, 0.6) is 0 Å². The molecule has 2 aliphatic carbocycles. The van der Waals surface area contributed by atoms with Crippen molar-refractivity contribution >= 4 is 23.7 Å². The summed E-state index contributed by atoms with van der Waals surface area (Å²) in [6, 6.07) is 0. The van der Waals surface area contributed by atoms with Crippen molar-refractivity contribution in [2.75, 3.05) is 26.4 Å². The van der Waals surface area contributed by atoms with Crippen LogP contribution < -0.4 is 0 Å². The average Bonchev–Trinajstić information content (AvgIpc) is 3.00. The van der Waals surface area contributed by atoms with Gasteiger partial charge in [0.1, 0.15) is 6.61 Å². The monoisotopic (exact) mass is 604 g/mol. The van der Waals surface area contributed by atoms with Gasteiger partial charge in [-0.25, -0.2) is 14.4 Å². The summed E-state index contributed by atoms with van der Waals surface area (Å²) in [7, 11) is 0. The summed E-state index contributed by atoms with van der Waals surface area (Å²) in [5.41, 5.74) is 0.572. The highest BCUT2D eigenvalue weighted by molar-refractivity contribution is 6.34. The predicted octanol–water partition coefficient (Wildman–Crippen LogP) is 6.54. The van der Waals surface area contributed by atoms with E-state index in [9.17, 15) is 19.2 Å². The number of carbonyl (C=O) groups is 4. The minimum Gasteiger partial charge on any atom is -0.462 e. The number of carbonyl (C=O) groups excluding carboxylic acids is 4. The van der Waals surface area contributed by atoms with Gasteiger partial charge in [0.15, 0.2) is 0 Å². The molecule has 1 N–H and O–H groups in total. The number of Topliss-reactive ketones (excluding diaryl/α,β-unsaturated/α-hetero) is 1. The first-order valence-corrected chi connectivity index (χ1v) is 16.5. The van der Waals surface area contributed by atoms with Crippen LogP contribution in [0.2, 0.25) is 0 Å². The van der Waals surface area contributed by atoms with E-state index in [4.69, 9.17) is 19.3 Å². The summed E-state index contributed by atoms with van der Waals surface area (Å²) in [4.78, 5) is 47.7. The van der Waals surface area contributed by atoms with Gasteiger partial charge in [0.25, 0.3) is 5.78 Å². The predicted molar refractivity (Wildman–Crippen MR) is 166 cm³/mol. The van der Waals surface area contributed by atoms with Crippen LogP contribution in [-0.4, -0.2) is 55.2 Å². The van der Waals surface area contributed by atoms with E-state index in [1.165, 1.54) is 64.2 Å². The molecule has 0 aromatic heterocycles. The maximum absolute atomic E-state index is 12.2. The zero-order chi connectivity index (χ0) is 31.8. The number of aliphatic hydroxyl groups is 1. The van der Waals surface area contributed by atoms with Gasteiger partial charge in [-0.15, -0.1) is 0 Å². The smallest absolute Gasteiger partial charge is 0.377 e. The molecule has 2 atom stereocenters. The molecule has 2 rings (SSSR count). The van der Waals surface area contributed by atoms with Gasteiger partial charge >= 0.3 is 17.9 Å². The van der Waals surface area contributed by atoms with Gasteiger partial charge in [0.2, 0.25) is 0 Å². The van der Waals surface area contributed by atoms with Crippen LogP contribution in [0.25, 0.3) is 0 Å². The van der Waals surface area contributed by atoms with Gasteiger partial charge in [0, 0.05) is 17.1 Å². The molecule has 0 bridgehead atoms.